The van der Waals surface area contributed by atoms with Crippen LogP contribution in [-0.2, 0) is 21.3 Å². The number of methoxy groups -OCH3 is 1. The molecule has 20 heavy (non-hydrogen) atoms. The van der Waals surface area contributed by atoms with Crippen molar-refractivity contribution in [3.05, 3.63) is 29.8 Å². The zero-order valence-corrected chi connectivity index (χ0v) is 12.5. The number of hydrogen-bond acceptors (Lipinski definition) is 5. The van der Waals surface area contributed by atoms with Crippen LogP contribution in [0.1, 0.15) is 18.4 Å². The normalized spacial score (nSPS) is 13.3. The summed E-state index contributed by atoms with van der Waals surface area (Å²) in [6.07, 6.45) is 1.83. The molecule has 5 N–H and O–H groups in total. The SMILES string of the molecule is COCC(CCCN)NCc1cccc(S(N)(=O)=O)c1. The van der Waals surface area contributed by atoms with Gasteiger partial charge in [0.25, 0.3) is 0 Å². The van der Waals surface area contributed by atoms with Crippen molar-refractivity contribution in [2.24, 2.45) is 10.9 Å². The molecular formula is C13H23N3O3S. The maximum Gasteiger partial charge on any atom is 0.238 e. The van der Waals surface area contributed by atoms with E-state index in [9.17, 15) is 8.42 Å². The maximum absolute atomic E-state index is 11.3. The molecule has 0 aliphatic carbocycles. The summed E-state index contributed by atoms with van der Waals surface area (Å²) in [5.74, 6) is 0. The summed E-state index contributed by atoms with van der Waals surface area (Å²) in [6.45, 7) is 1.79. The van der Waals surface area contributed by atoms with Crippen LogP contribution >= 0.6 is 0 Å². The van der Waals surface area contributed by atoms with Gasteiger partial charge in [-0.1, -0.05) is 12.1 Å². The highest BCUT2D eigenvalue weighted by Gasteiger charge is 2.10. The second kappa shape index (κ2) is 8.33. The Hall–Kier alpha value is -0.990. The van der Waals surface area contributed by atoms with E-state index in [1.54, 1.807) is 19.2 Å². The van der Waals surface area contributed by atoms with Gasteiger partial charge < -0.3 is 15.8 Å². The summed E-state index contributed by atoms with van der Waals surface area (Å²) in [6, 6.07) is 6.80. The first-order chi connectivity index (χ1) is 9.47. The van der Waals surface area contributed by atoms with E-state index in [1.807, 2.05) is 6.07 Å². The molecule has 1 rings (SSSR count). The van der Waals surface area contributed by atoms with Crippen molar-refractivity contribution in [1.29, 1.82) is 0 Å². The third-order valence-electron chi connectivity index (χ3n) is 2.95. The van der Waals surface area contributed by atoms with Crippen LogP contribution < -0.4 is 16.2 Å². The first kappa shape index (κ1) is 17.1. The van der Waals surface area contributed by atoms with Gasteiger partial charge in [0, 0.05) is 19.7 Å². The summed E-state index contributed by atoms with van der Waals surface area (Å²) in [4.78, 5) is 0.127. The van der Waals surface area contributed by atoms with E-state index in [-0.39, 0.29) is 10.9 Å². The molecule has 0 aliphatic rings. The summed E-state index contributed by atoms with van der Waals surface area (Å²) >= 11 is 0. The van der Waals surface area contributed by atoms with Gasteiger partial charge in [-0.3, -0.25) is 0 Å². The van der Waals surface area contributed by atoms with Crippen molar-refractivity contribution in [3.8, 4) is 0 Å². The lowest BCUT2D eigenvalue weighted by atomic mass is 10.1. The predicted molar refractivity (Wildman–Crippen MR) is 78.6 cm³/mol. The van der Waals surface area contributed by atoms with Crippen molar-refractivity contribution in [1.82, 2.24) is 5.32 Å². The number of ether oxygens (including phenoxy) is 1. The Morgan fingerprint density at radius 3 is 2.75 bits per heavy atom. The smallest absolute Gasteiger partial charge is 0.238 e. The number of nitrogens with one attached hydrogen (secondary N) is 1. The molecule has 7 heteroatoms. The molecule has 0 fully saturated rings. The lowest BCUT2D eigenvalue weighted by Crippen LogP contribution is -2.33. The molecule has 0 aliphatic heterocycles. The van der Waals surface area contributed by atoms with Gasteiger partial charge in [-0.2, -0.15) is 0 Å². The van der Waals surface area contributed by atoms with E-state index in [4.69, 9.17) is 15.6 Å². The topological polar surface area (TPSA) is 107 Å². The fourth-order valence-corrected chi connectivity index (χ4v) is 2.49. The molecule has 0 bridgehead atoms. The Bertz CT molecular complexity index is 505. The summed E-state index contributed by atoms with van der Waals surface area (Å²) in [5.41, 5.74) is 6.36. The summed E-state index contributed by atoms with van der Waals surface area (Å²) < 4.78 is 27.7. The Kier molecular flexibility index (Phi) is 7.11. The van der Waals surface area contributed by atoms with Gasteiger partial charge in [0.2, 0.25) is 10.0 Å². The van der Waals surface area contributed by atoms with Crippen LogP contribution in [0.2, 0.25) is 0 Å². The highest BCUT2D eigenvalue weighted by Crippen LogP contribution is 2.10. The number of nitrogens with two attached hydrogens (primary N) is 2. The molecule has 1 aromatic carbocycles. The zero-order chi connectivity index (χ0) is 15.0. The van der Waals surface area contributed by atoms with Crippen LogP contribution in [0, 0.1) is 0 Å². The van der Waals surface area contributed by atoms with Gasteiger partial charge in [-0.05, 0) is 37.1 Å². The largest absolute Gasteiger partial charge is 0.383 e. The number of sulfonamides is 1. The van der Waals surface area contributed by atoms with E-state index >= 15 is 0 Å². The zero-order valence-electron chi connectivity index (χ0n) is 11.7. The molecule has 0 aromatic heterocycles. The molecule has 0 spiro atoms. The molecule has 0 radical (unpaired) electrons. The summed E-state index contributed by atoms with van der Waals surface area (Å²) in [5, 5.41) is 8.45. The van der Waals surface area contributed by atoms with E-state index in [1.165, 1.54) is 6.07 Å². The van der Waals surface area contributed by atoms with E-state index in [0.29, 0.717) is 19.7 Å². The molecule has 0 saturated heterocycles. The van der Waals surface area contributed by atoms with Crippen LogP contribution in [0.15, 0.2) is 29.2 Å². The quantitative estimate of drug-likeness (QED) is 0.603. The first-order valence-electron chi connectivity index (χ1n) is 6.51. The Balaban J connectivity index is 2.63. The van der Waals surface area contributed by atoms with Crippen molar-refractivity contribution >= 4 is 10.0 Å². The lowest BCUT2D eigenvalue weighted by molar-refractivity contribution is 0.161. The average molecular weight is 301 g/mol. The molecule has 0 heterocycles. The van der Waals surface area contributed by atoms with Crippen molar-refractivity contribution < 1.29 is 13.2 Å². The van der Waals surface area contributed by atoms with Crippen LogP contribution in [-0.4, -0.2) is 34.7 Å². The van der Waals surface area contributed by atoms with Gasteiger partial charge in [-0.15, -0.1) is 0 Å². The number of benzene rings is 1. The standard InChI is InChI=1S/C13H23N3O3S/c1-19-10-12(5-3-7-14)16-9-11-4-2-6-13(8-11)20(15,17)18/h2,4,6,8,12,16H,3,5,7,9-10,14H2,1H3,(H2,15,17,18). The van der Waals surface area contributed by atoms with Gasteiger partial charge in [0.05, 0.1) is 11.5 Å². The molecule has 114 valence electrons. The fraction of sp³-hybridized carbons (Fsp3) is 0.538. The molecule has 6 nitrogen and oxygen atoms in total. The Labute approximate surface area is 120 Å². The molecule has 0 amide bonds. The molecule has 0 saturated carbocycles. The average Bonchev–Trinajstić information content (AvgIpc) is 2.41. The lowest BCUT2D eigenvalue weighted by Gasteiger charge is -2.17. The van der Waals surface area contributed by atoms with Gasteiger partial charge in [-0.25, -0.2) is 13.6 Å². The second-order valence-electron chi connectivity index (χ2n) is 4.66. The highest BCUT2D eigenvalue weighted by atomic mass is 32.2. The minimum atomic E-state index is -3.66. The highest BCUT2D eigenvalue weighted by molar-refractivity contribution is 7.89. The van der Waals surface area contributed by atoms with Crippen molar-refractivity contribution in [2.75, 3.05) is 20.3 Å². The molecule has 1 aromatic rings. The monoisotopic (exact) mass is 301 g/mol. The fourth-order valence-electron chi connectivity index (χ4n) is 1.90. The third kappa shape index (κ3) is 5.98. The molecule has 1 unspecified atom stereocenters. The maximum atomic E-state index is 11.3. The van der Waals surface area contributed by atoms with Crippen LogP contribution in [0.25, 0.3) is 0 Å². The number of hydrogen-bond donors (Lipinski definition) is 3. The van der Waals surface area contributed by atoms with Crippen molar-refractivity contribution in [2.45, 2.75) is 30.3 Å². The van der Waals surface area contributed by atoms with Crippen LogP contribution in [0.4, 0.5) is 0 Å². The minimum Gasteiger partial charge on any atom is -0.383 e. The Morgan fingerprint density at radius 1 is 1.40 bits per heavy atom. The number of rotatable bonds is 9. The minimum absolute atomic E-state index is 0.127. The van der Waals surface area contributed by atoms with E-state index in [2.05, 4.69) is 5.32 Å². The second-order valence-corrected chi connectivity index (χ2v) is 6.22. The van der Waals surface area contributed by atoms with Crippen LogP contribution in [0.5, 0.6) is 0 Å². The molecular weight excluding hydrogens is 278 g/mol. The van der Waals surface area contributed by atoms with Gasteiger partial charge in [0.15, 0.2) is 0 Å². The van der Waals surface area contributed by atoms with E-state index < -0.39 is 10.0 Å². The number of primary sulfonamides is 1. The van der Waals surface area contributed by atoms with Gasteiger partial charge in [0.1, 0.15) is 0 Å². The first-order valence-corrected chi connectivity index (χ1v) is 8.06. The Morgan fingerprint density at radius 2 is 2.15 bits per heavy atom. The predicted octanol–water partition coefficient (Wildman–Crippen LogP) is 0.178. The van der Waals surface area contributed by atoms with Crippen molar-refractivity contribution in [3.63, 3.8) is 0 Å². The van der Waals surface area contributed by atoms with Crippen LogP contribution in [0.3, 0.4) is 0 Å². The third-order valence-corrected chi connectivity index (χ3v) is 3.86. The van der Waals surface area contributed by atoms with Gasteiger partial charge >= 0.3 is 0 Å². The summed E-state index contributed by atoms with van der Waals surface area (Å²) in [7, 11) is -2.01. The molecule has 1 atom stereocenters. The van der Waals surface area contributed by atoms with E-state index in [0.717, 1.165) is 18.4 Å².